The first kappa shape index (κ1) is 17.4. The Labute approximate surface area is 123 Å². The van der Waals surface area contributed by atoms with Gasteiger partial charge in [0.25, 0.3) is 0 Å². The molecule has 0 saturated carbocycles. The number of aliphatic hydroxyl groups is 1. The number of aliphatic hydroxyl groups excluding tert-OH is 1. The van der Waals surface area contributed by atoms with Crippen molar-refractivity contribution >= 4 is 21.8 Å². The quantitative estimate of drug-likeness (QED) is 0.720. The molecule has 0 heterocycles. The molecule has 0 radical (unpaired) electrons. The molecule has 7 heteroatoms. The highest BCUT2D eigenvalue weighted by Crippen LogP contribution is 2.16. The van der Waals surface area contributed by atoms with Crippen molar-refractivity contribution in [2.24, 2.45) is 0 Å². The molecule has 0 aliphatic rings. The van der Waals surface area contributed by atoms with E-state index in [9.17, 15) is 12.8 Å². The predicted molar refractivity (Wildman–Crippen MR) is 79.7 cm³/mol. The van der Waals surface area contributed by atoms with Crippen LogP contribution in [0.25, 0.3) is 0 Å². The van der Waals surface area contributed by atoms with Gasteiger partial charge in [0, 0.05) is 11.6 Å². The Bertz CT molecular complexity index is 534. The molecule has 1 unspecified atom stereocenters. The smallest absolute Gasteiger partial charge is 0.240 e. The summed E-state index contributed by atoms with van der Waals surface area (Å²) >= 11 is 1.75. The van der Waals surface area contributed by atoms with E-state index in [1.54, 1.807) is 18.7 Å². The molecule has 1 rings (SSSR count). The van der Waals surface area contributed by atoms with Crippen LogP contribution in [0.15, 0.2) is 23.1 Å². The zero-order chi connectivity index (χ0) is 15.2. The maximum atomic E-state index is 13.2. The van der Waals surface area contributed by atoms with Crippen LogP contribution in [0.5, 0.6) is 0 Å². The molecule has 114 valence electrons. The number of benzene rings is 1. The van der Waals surface area contributed by atoms with Gasteiger partial charge < -0.3 is 5.11 Å². The van der Waals surface area contributed by atoms with E-state index in [-0.39, 0.29) is 16.5 Å². The van der Waals surface area contributed by atoms with E-state index < -0.39 is 22.4 Å². The van der Waals surface area contributed by atoms with Gasteiger partial charge in [-0.3, -0.25) is 0 Å². The summed E-state index contributed by atoms with van der Waals surface area (Å²) in [6, 6.07) is 3.22. The minimum absolute atomic E-state index is 0.0259. The van der Waals surface area contributed by atoms with Gasteiger partial charge in [-0.1, -0.05) is 6.92 Å². The minimum Gasteiger partial charge on any atom is -0.392 e. The van der Waals surface area contributed by atoms with Crippen LogP contribution < -0.4 is 4.72 Å². The van der Waals surface area contributed by atoms with Crippen LogP contribution in [0.2, 0.25) is 0 Å². The lowest BCUT2D eigenvalue weighted by Crippen LogP contribution is -2.33. The second-order valence-electron chi connectivity index (χ2n) is 4.42. The van der Waals surface area contributed by atoms with E-state index in [0.717, 1.165) is 30.1 Å². The Morgan fingerprint density at radius 1 is 1.45 bits per heavy atom. The lowest BCUT2D eigenvalue weighted by Gasteiger charge is -2.14. The van der Waals surface area contributed by atoms with E-state index in [4.69, 9.17) is 5.11 Å². The summed E-state index contributed by atoms with van der Waals surface area (Å²) in [4.78, 5) is -0.0297. The molecule has 0 aliphatic carbocycles. The zero-order valence-electron chi connectivity index (χ0n) is 11.6. The Hall–Kier alpha value is -0.630. The fourth-order valence-electron chi connectivity index (χ4n) is 1.64. The number of nitrogens with one attached hydrogen (secondary N) is 1. The van der Waals surface area contributed by atoms with Crippen LogP contribution in [0, 0.1) is 5.82 Å². The topological polar surface area (TPSA) is 66.4 Å². The number of hydrogen-bond acceptors (Lipinski definition) is 4. The highest BCUT2D eigenvalue weighted by molar-refractivity contribution is 7.99. The van der Waals surface area contributed by atoms with Crippen LogP contribution in [-0.4, -0.2) is 31.1 Å². The largest absolute Gasteiger partial charge is 0.392 e. The summed E-state index contributed by atoms with van der Waals surface area (Å²) < 4.78 is 40.1. The molecule has 0 amide bonds. The number of rotatable bonds is 8. The first-order valence-corrected chi connectivity index (χ1v) is 9.03. The summed E-state index contributed by atoms with van der Waals surface area (Å²) in [7, 11) is -3.68. The normalized spacial score (nSPS) is 13.4. The third-order valence-electron chi connectivity index (χ3n) is 2.75. The maximum Gasteiger partial charge on any atom is 0.240 e. The molecule has 0 bridgehead atoms. The average molecular weight is 321 g/mol. The van der Waals surface area contributed by atoms with Crippen molar-refractivity contribution in [1.29, 1.82) is 0 Å². The van der Waals surface area contributed by atoms with Gasteiger partial charge in [-0.05, 0) is 43.0 Å². The van der Waals surface area contributed by atoms with Crippen LogP contribution in [-0.2, 0) is 16.6 Å². The molecule has 2 N–H and O–H groups in total. The van der Waals surface area contributed by atoms with Gasteiger partial charge in [0.2, 0.25) is 10.0 Å². The molecule has 1 aromatic rings. The Morgan fingerprint density at radius 3 is 2.75 bits per heavy atom. The van der Waals surface area contributed by atoms with Crippen molar-refractivity contribution in [3.05, 3.63) is 29.6 Å². The third kappa shape index (κ3) is 5.05. The predicted octanol–water partition coefficient (Wildman–Crippen LogP) is 2.13. The summed E-state index contributed by atoms with van der Waals surface area (Å²) in [5.74, 6) is 1.27. The van der Waals surface area contributed by atoms with Gasteiger partial charge in [0.05, 0.1) is 11.5 Å². The van der Waals surface area contributed by atoms with Gasteiger partial charge in [0.1, 0.15) is 5.82 Å². The molecule has 1 aromatic carbocycles. The number of halogens is 1. The van der Waals surface area contributed by atoms with E-state index in [0.29, 0.717) is 0 Å². The van der Waals surface area contributed by atoms with Crippen LogP contribution in [0.3, 0.4) is 0 Å². The Kier molecular flexibility index (Phi) is 6.94. The summed E-state index contributed by atoms with van der Waals surface area (Å²) in [5, 5.41) is 8.98. The van der Waals surface area contributed by atoms with Gasteiger partial charge >= 0.3 is 0 Å². The van der Waals surface area contributed by atoms with Crippen LogP contribution in [0.4, 0.5) is 4.39 Å². The molecule has 0 fully saturated rings. The molecular formula is C13H20FNO3S2. The monoisotopic (exact) mass is 321 g/mol. The van der Waals surface area contributed by atoms with Crippen molar-refractivity contribution in [3.8, 4) is 0 Å². The van der Waals surface area contributed by atoms with E-state index >= 15 is 0 Å². The van der Waals surface area contributed by atoms with Crippen molar-refractivity contribution in [2.75, 3.05) is 11.5 Å². The molecule has 0 aliphatic heterocycles. The number of sulfonamides is 1. The summed E-state index contributed by atoms with van der Waals surface area (Å²) in [6.45, 7) is 3.32. The van der Waals surface area contributed by atoms with E-state index in [1.807, 2.05) is 0 Å². The van der Waals surface area contributed by atoms with Gasteiger partial charge in [0.15, 0.2) is 0 Å². The highest BCUT2D eigenvalue weighted by atomic mass is 32.2. The van der Waals surface area contributed by atoms with Crippen molar-refractivity contribution in [1.82, 2.24) is 4.72 Å². The third-order valence-corrected chi connectivity index (χ3v) is 5.27. The second kappa shape index (κ2) is 7.97. The van der Waals surface area contributed by atoms with E-state index in [2.05, 4.69) is 11.6 Å². The number of thioether (sulfide) groups is 1. The van der Waals surface area contributed by atoms with Crippen molar-refractivity contribution < 1.29 is 17.9 Å². The standard InChI is InChI=1S/C13H20FNO3S2/c1-3-19-7-6-10(2)15-20(17,18)12-4-5-13(14)11(8-12)9-16/h4-5,8,10,15-16H,3,6-7,9H2,1-2H3. The molecule has 4 nitrogen and oxygen atoms in total. The van der Waals surface area contributed by atoms with Crippen molar-refractivity contribution in [2.45, 2.75) is 37.8 Å². The van der Waals surface area contributed by atoms with Gasteiger partial charge in [-0.25, -0.2) is 17.5 Å². The Balaban J connectivity index is 2.78. The molecular weight excluding hydrogens is 301 g/mol. The zero-order valence-corrected chi connectivity index (χ0v) is 13.2. The van der Waals surface area contributed by atoms with Crippen LogP contribution in [0.1, 0.15) is 25.8 Å². The molecule has 1 atom stereocenters. The lowest BCUT2D eigenvalue weighted by atomic mass is 10.2. The summed E-state index contributed by atoms with van der Waals surface area (Å²) in [5.41, 5.74) is -0.0259. The first-order chi connectivity index (χ1) is 9.40. The highest BCUT2D eigenvalue weighted by Gasteiger charge is 2.18. The summed E-state index contributed by atoms with van der Waals surface area (Å²) in [6.07, 6.45) is 0.728. The SMILES string of the molecule is CCSCCC(C)NS(=O)(=O)c1ccc(F)c(CO)c1. The molecule has 0 saturated heterocycles. The second-order valence-corrected chi connectivity index (χ2v) is 7.53. The maximum absolute atomic E-state index is 13.2. The van der Waals surface area contributed by atoms with Crippen molar-refractivity contribution in [3.63, 3.8) is 0 Å². The van der Waals surface area contributed by atoms with Gasteiger partial charge in [-0.15, -0.1) is 0 Å². The fraction of sp³-hybridized carbons (Fsp3) is 0.538. The molecule has 0 aromatic heterocycles. The molecule has 0 spiro atoms. The average Bonchev–Trinajstić information content (AvgIpc) is 2.38. The Morgan fingerprint density at radius 2 is 2.15 bits per heavy atom. The fourth-order valence-corrected chi connectivity index (χ4v) is 3.77. The van der Waals surface area contributed by atoms with E-state index in [1.165, 1.54) is 6.07 Å². The minimum atomic E-state index is -3.68. The van der Waals surface area contributed by atoms with Crippen LogP contribution >= 0.6 is 11.8 Å². The molecule has 20 heavy (non-hydrogen) atoms. The van der Waals surface area contributed by atoms with Gasteiger partial charge in [-0.2, -0.15) is 11.8 Å². The first-order valence-electron chi connectivity index (χ1n) is 6.40. The lowest BCUT2D eigenvalue weighted by molar-refractivity contribution is 0.275. The number of hydrogen-bond donors (Lipinski definition) is 2.